The highest BCUT2D eigenvalue weighted by atomic mass is 32.2. The molecule has 4 rings (SSSR count). The summed E-state index contributed by atoms with van der Waals surface area (Å²) in [5.41, 5.74) is -0.0793. The number of anilines is 2. The van der Waals surface area contributed by atoms with Gasteiger partial charge in [-0.05, 0) is 36.4 Å². The second-order valence-electron chi connectivity index (χ2n) is 7.17. The summed E-state index contributed by atoms with van der Waals surface area (Å²) >= 11 is 1.01. The fourth-order valence-electron chi connectivity index (χ4n) is 2.99. The topological polar surface area (TPSA) is 158 Å². The summed E-state index contributed by atoms with van der Waals surface area (Å²) < 4.78 is 46.5. The van der Waals surface area contributed by atoms with E-state index in [-0.39, 0.29) is 27.0 Å². The molecule has 11 nitrogen and oxygen atoms in total. The highest BCUT2D eigenvalue weighted by Crippen LogP contribution is 2.29. The summed E-state index contributed by atoms with van der Waals surface area (Å²) in [5.74, 6) is -2.45. The standard InChI is InChI=1S/C22H15FN4O7S2/c23-16-6-1-2-7-17(16)26-36(32,33)15-5-3-4-13(10-15)21(29)34-12-20(28)25-22-24-18-9-8-14(27(30)31)11-19(18)35-22/h1-11,26H,12H2,(H,24,25,28). The van der Waals surface area contributed by atoms with Gasteiger partial charge in [-0.15, -0.1) is 0 Å². The van der Waals surface area contributed by atoms with Gasteiger partial charge in [-0.3, -0.25) is 24.9 Å². The molecule has 3 aromatic carbocycles. The van der Waals surface area contributed by atoms with Crippen molar-refractivity contribution in [3.8, 4) is 0 Å². The van der Waals surface area contributed by atoms with E-state index in [0.717, 1.165) is 23.5 Å². The molecular formula is C22H15FN4O7S2. The molecule has 0 aliphatic carbocycles. The number of sulfonamides is 1. The van der Waals surface area contributed by atoms with Crippen molar-refractivity contribution in [2.75, 3.05) is 16.6 Å². The number of fused-ring (bicyclic) bond motifs is 1. The molecule has 1 amide bonds. The van der Waals surface area contributed by atoms with Crippen molar-refractivity contribution in [3.63, 3.8) is 0 Å². The van der Waals surface area contributed by atoms with Gasteiger partial charge in [-0.25, -0.2) is 22.6 Å². The van der Waals surface area contributed by atoms with Gasteiger partial charge in [0.25, 0.3) is 21.6 Å². The SMILES string of the molecule is O=C(COC(=O)c1cccc(S(=O)(=O)Nc2ccccc2F)c1)Nc1nc2ccc([N+](=O)[O-])cc2s1. The van der Waals surface area contributed by atoms with Crippen LogP contribution in [0, 0.1) is 15.9 Å². The number of thiazole rings is 1. The molecule has 0 aliphatic rings. The number of ether oxygens (including phenoxy) is 1. The number of nitrogens with zero attached hydrogens (tertiary/aromatic N) is 2. The second-order valence-corrected chi connectivity index (χ2v) is 9.88. The molecule has 0 saturated heterocycles. The molecular weight excluding hydrogens is 515 g/mol. The first-order valence-electron chi connectivity index (χ1n) is 10.0. The number of halogens is 1. The van der Waals surface area contributed by atoms with E-state index in [0.29, 0.717) is 10.2 Å². The third-order valence-corrected chi connectivity index (χ3v) is 6.96. The lowest BCUT2D eigenvalue weighted by atomic mass is 10.2. The van der Waals surface area contributed by atoms with Crippen LogP contribution in [0.1, 0.15) is 10.4 Å². The molecule has 0 radical (unpaired) electrons. The monoisotopic (exact) mass is 530 g/mol. The maximum absolute atomic E-state index is 13.8. The molecule has 0 unspecified atom stereocenters. The van der Waals surface area contributed by atoms with E-state index in [1.807, 2.05) is 0 Å². The Morgan fingerprint density at radius 3 is 2.61 bits per heavy atom. The van der Waals surface area contributed by atoms with Gasteiger partial charge >= 0.3 is 5.97 Å². The largest absolute Gasteiger partial charge is 0.452 e. The van der Waals surface area contributed by atoms with Crippen LogP contribution in [0.3, 0.4) is 0 Å². The van der Waals surface area contributed by atoms with Crippen LogP contribution < -0.4 is 10.0 Å². The van der Waals surface area contributed by atoms with Gasteiger partial charge in [0.1, 0.15) is 5.82 Å². The maximum atomic E-state index is 13.8. The first-order valence-corrected chi connectivity index (χ1v) is 12.3. The quantitative estimate of drug-likeness (QED) is 0.197. The number of nitro groups is 1. The van der Waals surface area contributed by atoms with Crippen molar-refractivity contribution in [2.24, 2.45) is 0 Å². The van der Waals surface area contributed by atoms with Crippen molar-refractivity contribution in [2.45, 2.75) is 4.90 Å². The molecule has 0 bridgehead atoms. The number of amides is 1. The highest BCUT2D eigenvalue weighted by molar-refractivity contribution is 7.92. The van der Waals surface area contributed by atoms with Crippen LogP contribution in [0.2, 0.25) is 0 Å². The predicted molar refractivity (Wildman–Crippen MR) is 129 cm³/mol. The van der Waals surface area contributed by atoms with Crippen LogP contribution in [0.15, 0.2) is 71.6 Å². The number of para-hydroxylation sites is 1. The van der Waals surface area contributed by atoms with Crippen molar-refractivity contribution in [1.29, 1.82) is 0 Å². The van der Waals surface area contributed by atoms with Crippen LogP contribution >= 0.6 is 11.3 Å². The highest BCUT2D eigenvalue weighted by Gasteiger charge is 2.19. The number of benzene rings is 3. The van der Waals surface area contributed by atoms with Crippen molar-refractivity contribution in [3.05, 3.63) is 88.2 Å². The first kappa shape index (κ1) is 24.7. The van der Waals surface area contributed by atoms with E-state index in [4.69, 9.17) is 4.74 Å². The number of non-ortho nitro benzene ring substituents is 1. The number of carbonyl (C=O) groups is 2. The van der Waals surface area contributed by atoms with E-state index >= 15 is 0 Å². The van der Waals surface area contributed by atoms with Gasteiger partial charge < -0.3 is 4.74 Å². The van der Waals surface area contributed by atoms with Gasteiger partial charge in [0, 0.05) is 12.1 Å². The Morgan fingerprint density at radius 1 is 1.08 bits per heavy atom. The summed E-state index contributed by atoms with van der Waals surface area (Å²) in [6.07, 6.45) is 0. The molecule has 184 valence electrons. The maximum Gasteiger partial charge on any atom is 0.338 e. The molecule has 0 spiro atoms. The molecule has 0 aliphatic heterocycles. The Hall–Kier alpha value is -4.43. The van der Waals surface area contributed by atoms with Crippen LogP contribution in [0.25, 0.3) is 10.2 Å². The zero-order valence-electron chi connectivity index (χ0n) is 18.0. The van der Waals surface area contributed by atoms with Crippen molar-refractivity contribution in [1.82, 2.24) is 4.98 Å². The summed E-state index contributed by atoms with van der Waals surface area (Å²) in [7, 11) is -4.21. The molecule has 0 saturated carbocycles. The zero-order valence-corrected chi connectivity index (χ0v) is 19.6. The fraction of sp³-hybridized carbons (Fsp3) is 0.0455. The first-order chi connectivity index (χ1) is 17.1. The molecule has 0 fully saturated rings. The van der Waals surface area contributed by atoms with Gasteiger partial charge in [0.05, 0.1) is 31.3 Å². The van der Waals surface area contributed by atoms with E-state index in [1.165, 1.54) is 54.6 Å². The minimum atomic E-state index is -4.21. The van der Waals surface area contributed by atoms with Crippen molar-refractivity contribution >= 4 is 60.0 Å². The second kappa shape index (κ2) is 10.1. The average Bonchev–Trinajstić information content (AvgIpc) is 3.25. The molecule has 36 heavy (non-hydrogen) atoms. The number of nitrogens with one attached hydrogen (secondary N) is 2. The van der Waals surface area contributed by atoms with Gasteiger partial charge in [-0.1, -0.05) is 29.5 Å². The summed E-state index contributed by atoms with van der Waals surface area (Å²) in [6.45, 7) is -0.695. The van der Waals surface area contributed by atoms with E-state index in [2.05, 4.69) is 15.0 Å². The Balaban J connectivity index is 1.39. The normalized spacial score (nSPS) is 11.1. The summed E-state index contributed by atoms with van der Waals surface area (Å²) in [5, 5.41) is 13.5. The number of hydrogen-bond donors (Lipinski definition) is 2. The molecule has 2 N–H and O–H groups in total. The number of carbonyl (C=O) groups excluding carboxylic acids is 2. The third-order valence-electron chi connectivity index (χ3n) is 4.66. The number of nitro benzene ring substituents is 1. The molecule has 1 aromatic heterocycles. The van der Waals surface area contributed by atoms with Gasteiger partial charge in [0.15, 0.2) is 11.7 Å². The van der Waals surface area contributed by atoms with Gasteiger partial charge in [0.2, 0.25) is 0 Å². The smallest absolute Gasteiger partial charge is 0.338 e. The lowest BCUT2D eigenvalue weighted by Crippen LogP contribution is -2.21. The average molecular weight is 531 g/mol. The minimum absolute atomic E-state index is 0.119. The Labute approximate surface area is 206 Å². The van der Waals surface area contributed by atoms with E-state index in [1.54, 1.807) is 0 Å². The number of hydrogen-bond acceptors (Lipinski definition) is 9. The molecule has 4 aromatic rings. The lowest BCUT2D eigenvalue weighted by Gasteiger charge is -2.10. The third kappa shape index (κ3) is 5.61. The van der Waals surface area contributed by atoms with Crippen molar-refractivity contribution < 1.29 is 32.1 Å². The number of rotatable bonds is 8. The summed E-state index contributed by atoms with van der Waals surface area (Å²) in [4.78, 5) is 38.7. The van der Waals surface area contributed by atoms with E-state index in [9.17, 15) is 32.5 Å². The van der Waals surface area contributed by atoms with Crippen LogP contribution in [0.4, 0.5) is 20.9 Å². The van der Waals surface area contributed by atoms with Crippen LogP contribution in [-0.4, -0.2) is 36.8 Å². The summed E-state index contributed by atoms with van der Waals surface area (Å²) in [6, 6.07) is 14.1. The minimum Gasteiger partial charge on any atom is -0.452 e. The Morgan fingerprint density at radius 2 is 1.86 bits per heavy atom. The zero-order chi connectivity index (χ0) is 25.9. The predicted octanol–water partition coefficient (Wildman–Crippen LogP) is 3.94. The Kier molecular flexibility index (Phi) is 6.89. The Bertz CT molecular complexity index is 1610. The number of aromatic nitrogens is 1. The van der Waals surface area contributed by atoms with Crippen LogP contribution in [0.5, 0.6) is 0 Å². The number of esters is 1. The lowest BCUT2D eigenvalue weighted by molar-refractivity contribution is -0.384. The van der Waals surface area contributed by atoms with E-state index < -0.39 is 39.2 Å². The molecule has 0 atom stereocenters. The molecule has 1 heterocycles. The molecule has 14 heteroatoms. The van der Waals surface area contributed by atoms with Crippen LogP contribution in [-0.2, 0) is 19.6 Å². The fourth-order valence-corrected chi connectivity index (χ4v) is 5.02. The van der Waals surface area contributed by atoms with Gasteiger partial charge in [-0.2, -0.15) is 0 Å².